The van der Waals surface area contributed by atoms with Gasteiger partial charge in [0.2, 0.25) is 23.6 Å². The van der Waals surface area contributed by atoms with Crippen LogP contribution in [0.4, 0.5) is 10.5 Å². The molecule has 1 aromatic carbocycles. The fraction of sp³-hybridized carbons (Fsp3) is 0.485. The van der Waals surface area contributed by atoms with E-state index in [0.717, 1.165) is 18.6 Å². The molecule has 0 aromatic heterocycles. The van der Waals surface area contributed by atoms with Crippen molar-refractivity contribution in [1.29, 1.82) is 0 Å². The van der Waals surface area contributed by atoms with Crippen molar-refractivity contribution in [3.63, 3.8) is 0 Å². The van der Waals surface area contributed by atoms with Crippen molar-refractivity contribution in [2.24, 2.45) is 11.7 Å². The van der Waals surface area contributed by atoms with Crippen LogP contribution in [0.3, 0.4) is 0 Å². The summed E-state index contributed by atoms with van der Waals surface area (Å²) in [6.07, 6.45) is 2.08. The molecular formula is C33H49N7O11. The Morgan fingerprint density at radius 1 is 0.882 bits per heavy atom. The number of urea groups is 1. The molecule has 282 valence electrons. The number of carboxylic acids is 1. The molecule has 1 aromatic rings. The van der Waals surface area contributed by atoms with Gasteiger partial charge in [0.1, 0.15) is 25.2 Å². The van der Waals surface area contributed by atoms with E-state index in [0.29, 0.717) is 22.7 Å². The number of ether oxygens (including phenoxy) is 1. The Bertz CT molecular complexity index is 1390. The fourth-order valence-corrected chi connectivity index (χ4v) is 3.90. The molecule has 0 bridgehead atoms. The summed E-state index contributed by atoms with van der Waals surface area (Å²) in [6, 6.07) is 3.50. The number of aliphatic carboxylic acids is 1. The van der Waals surface area contributed by atoms with Gasteiger partial charge in [0.15, 0.2) is 0 Å². The third-order valence-electron chi connectivity index (χ3n) is 6.40. The van der Waals surface area contributed by atoms with Crippen LogP contribution in [0.1, 0.15) is 66.4 Å². The topological polar surface area (TPSA) is 272 Å². The summed E-state index contributed by atoms with van der Waals surface area (Å²) in [4.78, 5) is 107. The van der Waals surface area contributed by atoms with E-state index in [1.54, 1.807) is 38.1 Å². The zero-order valence-electron chi connectivity index (χ0n) is 29.7. The van der Waals surface area contributed by atoms with E-state index < -0.39 is 90.9 Å². The molecule has 0 radical (unpaired) electrons. The van der Waals surface area contributed by atoms with Gasteiger partial charge in [-0.05, 0) is 36.5 Å². The molecule has 1 aliphatic heterocycles. The number of nitrogens with one attached hydrogen (secondary N) is 5. The molecule has 51 heavy (non-hydrogen) atoms. The van der Waals surface area contributed by atoms with Crippen molar-refractivity contribution < 1.29 is 53.0 Å². The number of benzene rings is 1. The van der Waals surface area contributed by atoms with Crippen molar-refractivity contribution in [3.05, 3.63) is 42.0 Å². The number of anilines is 1. The summed E-state index contributed by atoms with van der Waals surface area (Å²) in [5.74, 6) is -6.56. The Morgan fingerprint density at radius 2 is 1.47 bits per heavy atom. The second-order valence-corrected chi connectivity index (χ2v) is 10.9. The van der Waals surface area contributed by atoms with Gasteiger partial charge in [0.25, 0.3) is 11.8 Å². The first-order valence-electron chi connectivity index (χ1n) is 16.2. The van der Waals surface area contributed by atoms with Gasteiger partial charge in [0, 0.05) is 37.7 Å². The van der Waals surface area contributed by atoms with Gasteiger partial charge in [-0.3, -0.25) is 43.3 Å². The number of nitrogens with zero attached hydrogens (tertiary/aromatic N) is 1. The van der Waals surface area contributed by atoms with E-state index in [1.165, 1.54) is 6.92 Å². The number of carboxylic acid groups (broad SMARTS) is 1. The Morgan fingerprint density at radius 3 is 1.94 bits per heavy atom. The van der Waals surface area contributed by atoms with Gasteiger partial charge < -0.3 is 42.2 Å². The van der Waals surface area contributed by atoms with Gasteiger partial charge in [-0.15, -0.1) is 0 Å². The van der Waals surface area contributed by atoms with Gasteiger partial charge in [0.05, 0.1) is 6.54 Å². The lowest BCUT2D eigenvalue weighted by atomic mass is 10.0. The normalized spacial score (nSPS) is 12.6. The summed E-state index contributed by atoms with van der Waals surface area (Å²) in [5.41, 5.74) is 5.87. The molecule has 0 saturated heterocycles. The molecule has 8 N–H and O–H groups in total. The van der Waals surface area contributed by atoms with Crippen LogP contribution in [-0.4, -0.2) is 95.1 Å². The standard InChI is InChI=1S/C27H33N5O10.C4H10N2O.C2H6/c1-15(2)25(27(41)28-12-20(34)29-18-6-4-17(5-7-18)14-42-16(3)33)31-26(40)19(8-11-24(38)39)30-21(35)13-32-22(36)9-10-23(32)37;1-2-3-6-4(5)7;1-2/h4-7,9-10,15,19,25H,8,11-14H2,1-3H3,(H,28,41)(H,29,34)(H,30,35)(H,31,40)(H,38,39);2-3H2,1H3,(H3,5,6,7);1-2H3. The quantitative estimate of drug-likeness (QED) is 0.0850. The fourth-order valence-electron chi connectivity index (χ4n) is 3.90. The number of carbonyl (C=O) groups is 9. The van der Waals surface area contributed by atoms with Crippen molar-refractivity contribution in [2.45, 2.75) is 79.5 Å². The molecule has 0 fully saturated rings. The summed E-state index contributed by atoms with van der Waals surface area (Å²) >= 11 is 0. The highest BCUT2D eigenvalue weighted by atomic mass is 16.5. The van der Waals surface area contributed by atoms with Gasteiger partial charge in [-0.2, -0.15) is 0 Å². The van der Waals surface area contributed by atoms with Crippen LogP contribution in [0.15, 0.2) is 36.4 Å². The molecule has 1 aliphatic rings. The van der Waals surface area contributed by atoms with Gasteiger partial charge >= 0.3 is 18.0 Å². The predicted molar refractivity (Wildman–Crippen MR) is 184 cm³/mol. The largest absolute Gasteiger partial charge is 0.481 e. The molecule has 0 aliphatic carbocycles. The summed E-state index contributed by atoms with van der Waals surface area (Å²) in [5, 5.41) is 21.3. The lowest BCUT2D eigenvalue weighted by Crippen LogP contribution is -2.56. The minimum atomic E-state index is -1.39. The highest BCUT2D eigenvalue weighted by molar-refractivity contribution is 6.14. The van der Waals surface area contributed by atoms with E-state index in [4.69, 9.17) is 15.6 Å². The molecule has 18 heteroatoms. The molecular weight excluding hydrogens is 670 g/mol. The van der Waals surface area contributed by atoms with Crippen LogP contribution in [0.5, 0.6) is 0 Å². The second-order valence-electron chi connectivity index (χ2n) is 10.9. The molecule has 2 rings (SSSR count). The number of nitrogens with two attached hydrogens (primary N) is 1. The van der Waals surface area contributed by atoms with Crippen LogP contribution < -0.4 is 32.3 Å². The van der Waals surface area contributed by atoms with Crippen LogP contribution in [0.25, 0.3) is 0 Å². The SMILES string of the molecule is CC.CC(=O)OCc1ccc(NC(=O)CNC(=O)C(NC(=O)C(CCC(=O)O)NC(=O)CN2C(=O)C=CC2=O)C(C)C)cc1.CCCNC(N)=O. The first kappa shape index (κ1) is 45.2. The number of esters is 1. The van der Waals surface area contributed by atoms with Gasteiger partial charge in [-0.25, -0.2) is 4.79 Å². The maximum absolute atomic E-state index is 13.0. The average Bonchev–Trinajstić information content (AvgIpc) is 3.39. The van der Waals surface area contributed by atoms with E-state index in [1.807, 2.05) is 20.8 Å². The average molecular weight is 720 g/mol. The number of carbonyl (C=O) groups excluding carboxylic acids is 8. The number of primary amides is 1. The highest BCUT2D eigenvalue weighted by Crippen LogP contribution is 2.11. The second kappa shape index (κ2) is 24.3. The molecule has 18 nitrogen and oxygen atoms in total. The minimum absolute atomic E-state index is 0.0814. The smallest absolute Gasteiger partial charge is 0.312 e. The van der Waals surface area contributed by atoms with Crippen molar-refractivity contribution in [2.75, 3.05) is 25.0 Å². The Kier molecular flexibility index (Phi) is 21.6. The molecule has 2 atom stereocenters. The zero-order valence-corrected chi connectivity index (χ0v) is 29.7. The highest BCUT2D eigenvalue weighted by Gasteiger charge is 2.31. The van der Waals surface area contributed by atoms with E-state index in [2.05, 4.69) is 26.6 Å². The van der Waals surface area contributed by atoms with Crippen LogP contribution in [-0.2, 0) is 49.7 Å². The number of rotatable bonds is 17. The monoisotopic (exact) mass is 719 g/mol. The number of hydrogen-bond acceptors (Lipinski definition) is 10. The maximum atomic E-state index is 13.0. The molecule has 8 amide bonds. The molecule has 1 heterocycles. The van der Waals surface area contributed by atoms with Gasteiger partial charge in [-0.1, -0.05) is 46.8 Å². The third kappa shape index (κ3) is 19.1. The third-order valence-corrected chi connectivity index (χ3v) is 6.40. The van der Waals surface area contributed by atoms with Crippen LogP contribution in [0, 0.1) is 5.92 Å². The lowest BCUT2D eigenvalue weighted by Gasteiger charge is -2.25. The lowest BCUT2D eigenvalue weighted by molar-refractivity contribution is -0.142. The number of imide groups is 1. The van der Waals surface area contributed by atoms with E-state index >= 15 is 0 Å². The maximum Gasteiger partial charge on any atom is 0.312 e. The number of amides is 8. The van der Waals surface area contributed by atoms with Crippen molar-refractivity contribution in [1.82, 2.24) is 26.2 Å². The van der Waals surface area contributed by atoms with E-state index in [-0.39, 0.29) is 13.0 Å². The van der Waals surface area contributed by atoms with Crippen molar-refractivity contribution in [3.8, 4) is 0 Å². The zero-order chi connectivity index (χ0) is 39.1. The van der Waals surface area contributed by atoms with Crippen LogP contribution >= 0.6 is 0 Å². The summed E-state index contributed by atoms with van der Waals surface area (Å²) in [6.45, 7) is 10.2. The summed E-state index contributed by atoms with van der Waals surface area (Å²) < 4.78 is 4.90. The number of hydrogen-bond donors (Lipinski definition) is 7. The molecule has 0 spiro atoms. The minimum Gasteiger partial charge on any atom is -0.481 e. The molecule has 2 unspecified atom stereocenters. The van der Waals surface area contributed by atoms with E-state index in [9.17, 15) is 43.2 Å². The Balaban J connectivity index is 0.00000247. The predicted octanol–water partition coefficient (Wildman–Crippen LogP) is 0.311. The Labute approximate surface area is 296 Å². The summed E-state index contributed by atoms with van der Waals surface area (Å²) in [7, 11) is 0. The van der Waals surface area contributed by atoms with Crippen LogP contribution in [0.2, 0.25) is 0 Å². The Hall–Kier alpha value is -5.81. The first-order valence-corrected chi connectivity index (χ1v) is 16.2. The molecule has 0 saturated carbocycles. The van der Waals surface area contributed by atoms with Crippen molar-refractivity contribution >= 4 is 59.1 Å². The first-order chi connectivity index (χ1) is 24.0.